The zero-order valence-corrected chi connectivity index (χ0v) is 13.3. The van der Waals surface area contributed by atoms with Gasteiger partial charge in [0.1, 0.15) is 0 Å². The molecule has 20 heavy (non-hydrogen) atoms. The van der Waals surface area contributed by atoms with E-state index in [-0.39, 0.29) is 0 Å². The third-order valence-electron chi connectivity index (χ3n) is 3.87. The molecule has 0 radical (unpaired) electrons. The number of rotatable bonds is 7. The van der Waals surface area contributed by atoms with Crippen LogP contribution in [-0.2, 0) is 16.6 Å². The third kappa shape index (κ3) is 3.81. The zero-order chi connectivity index (χ0) is 14.8. The summed E-state index contributed by atoms with van der Waals surface area (Å²) in [7, 11) is -1.59. The highest BCUT2D eigenvalue weighted by atomic mass is 32.2. The van der Waals surface area contributed by atoms with Gasteiger partial charge in [-0.1, -0.05) is 24.3 Å². The Bertz CT molecular complexity index is 553. The van der Waals surface area contributed by atoms with Crippen molar-refractivity contribution in [3.8, 4) is 0 Å². The van der Waals surface area contributed by atoms with Crippen molar-refractivity contribution in [1.29, 1.82) is 0 Å². The Morgan fingerprint density at radius 2 is 2.00 bits per heavy atom. The van der Waals surface area contributed by atoms with Crippen molar-refractivity contribution in [3.63, 3.8) is 0 Å². The molecule has 0 aliphatic heterocycles. The van der Waals surface area contributed by atoms with Gasteiger partial charge in [-0.3, -0.25) is 0 Å². The van der Waals surface area contributed by atoms with Crippen molar-refractivity contribution in [2.45, 2.75) is 44.5 Å². The van der Waals surface area contributed by atoms with E-state index in [4.69, 9.17) is 0 Å². The van der Waals surface area contributed by atoms with Crippen molar-refractivity contribution >= 4 is 10.0 Å². The Kier molecular flexibility index (Phi) is 4.83. The molecule has 0 spiro atoms. The summed E-state index contributed by atoms with van der Waals surface area (Å²) in [6.07, 6.45) is 2.34. The largest absolute Gasteiger partial charge is 0.313 e. The van der Waals surface area contributed by atoms with E-state index in [2.05, 4.69) is 5.32 Å². The fraction of sp³-hybridized carbons (Fsp3) is 0.600. The van der Waals surface area contributed by atoms with Crippen LogP contribution in [0.3, 0.4) is 0 Å². The highest BCUT2D eigenvalue weighted by molar-refractivity contribution is 7.89. The fourth-order valence-corrected chi connectivity index (χ4v) is 3.39. The summed E-state index contributed by atoms with van der Waals surface area (Å²) in [6.45, 7) is 4.75. The van der Waals surface area contributed by atoms with Crippen LogP contribution in [0.4, 0.5) is 0 Å². The van der Waals surface area contributed by atoms with Crippen molar-refractivity contribution in [2.75, 3.05) is 13.6 Å². The van der Waals surface area contributed by atoms with E-state index in [0.29, 0.717) is 19.1 Å². The van der Waals surface area contributed by atoms with Crippen molar-refractivity contribution < 1.29 is 8.42 Å². The Morgan fingerprint density at radius 3 is 2.60 bits per heavy atom. The average molecular weight is 296 g/mol. The quantitative estimate of drug-likeness (QED) is 0.836. The summed E-state index contributed by atoms with van der Waals surface area (Å²) >= 11 is 0. The van der Waals surface area contributed by atoms with Crippen LogP contribution in [0.2, 0.25) is 0 Å². The summed E-state index contributed by atoms with van der Waals surface area (Å²) < 4.78 is 26.4. The van der Waals surface area contributed by atoms with Gasteiger partial charge in [0.05, 0.1) is 5.25 Å². The number of aryl methyl sites for hydroxylation is 1. The Labute approximate surface area is 122 Å². The van der Waals surface area contributed by atoms with Crippen LogP contribution in [0, 0.1) is 6.92 Å². The molecule has 0 saturated heterocycles. The van der Waals surface area contributed by atoms with E-state index in [1.165, 1.54) is 17.1 Å². The molecule has 2 rings (SSSR count). The van der Waals surface area contributed by atoms with E-state index in [1.54, 1.807) is 14.0 Å². The van der Waals surface area contributed by atoms with E-state index in [1.807, 2.05) is 31.2 Å². The van der Waals surface area contributed by atoms with Crippen LogP contribution in [0.25, 0.3) is 0 Å². The highest BCUT2D eigenvalue weighted by Gasteiger charge is 2.28. The van der Waals surface area contributed by atoms with Gasteiger partial charge < -0.3 is 5.32 Å². The maximum absolute atomic E-state index is 12.5. The predicted molar refractivity (Wildman–Crippen MR) is 82.1 cm³/mol. The maximum atomic E-state index is 12.5. The molecule has 0 amide bonds. The molecule has 112 valence electrons. The molecule has 1 aliphatic carbocycles. The van der Waals surface area contributed by atoms with Gasteiger partial charge in [-0.15, -0.1) is 0 Å². The van der Waals surface area contributed by atoms with Crippen molar-refractivity contribution in [3.05, 3.63) is 35.4 Å². The number of hydrogen-bond acceptors (Lipinski definition) is 3. The minimum atomic E-state index is -3.25. The van der Waals surface area contributed by atoms with Gasteiger partial charge in [0, 0.05) is 26.2 Å². The molecular weight excluding hydrogens is 272 g/mol. The van der Waals surface area contributed by atoms with Gasteiger partial charge in [0.25, 0.3) is 0 Å². The van der Waals surface area contributed by atoms with E-state index < -0.39 is 15.3 Å². The summed E-state index contributed by atoms with van der Waals surface area (Å²) in [5.41, 5.74) is 2.18. The van der Waals surface area contributed by atoms with E-state index >= 15 is 0 Å². The first-order valence-corrected chi connectivity index (χ1v) is 8.64. The van der Waals surface area contributed by atoms with Gasteiger partial charge in [-0.25, -0.2) is 12.7 Å². The molecule has 1 unspecified atom stereocenters. The molecule has 1 atom stereocenters. The molecule has 1 fully saturated rings. The lowest BCUT2D eigenvalue weighted by molar-refractivity contribution is 0.453. The standard InChI is InChI=1S/C15H24N2O2S/c1-12-6-4-5-7-14(12)11-17(3)20(18,19)13(2)10-16-15-8-9-15/h4-7,13,15-16H,8-11H2,1-3H3. The molecule has 4 nitrogen and oxygen atoms in total. The molecule has 0 aromatic heterocycles. The van der Waals surface area contributed by atoms with Crippen molar-refractivity contribution in [2.24, 2.45) is 0 Å². The molecule has 1 N–H and O–H groups in total. The molecule has 1 aromatic rings. The Hall–Kier alpha value is -0.910. The summed E-state index contributed by atoms with van der Waals surface area (Å²) in [4.78, 5) is 0. The first-order chi connectivity index (χ1) is 9.41. The first kappa shape index (κ1) is 15.5. The third-order valence-corrected chi connectivity index (χ3v) is 6.05. The number of nitrogens with one attached hydrogen (secondary N) is 1. The van der Waals surface area contributed by atoms with Gasteiger partial charge in [0.2, 0.25) is 10.0 Å². The van der Waals surface area contributed by atoms with Crippen LogP contribution >= 0.6 is 0 Å². The number of hydrogen-bond donors (Lipinski definition) is 1. The summed E-state index contributed by atoms with van der Waals surface area (Å²) in [5.74, 6) is 0. The number of benzene rings is 1. The predicted octanol–water partition coefficient (Wildman–Crippen LogP) is 1.90. The number of sulfonamides is 1. The Balaban J connectivity index is 1.98. The van der Waals surface area contributed by atoms with E-state index in [0.717, 1.165) is 11.1 Å². The molecular formula is C15H24N2O2S. The minimum Gasteiger partial charge on any atom is -0.313 e. The Morgan fingerprint density at radius 1 is 1.35 bits per heavy atom. The summed E-state index contributed by atoms with van der Waals surface area (Å²) in [6, 6.07) is 8.44. The van der Waals surface area contributed by atoms with Gasteiger partial charge in [0.15, 0.2) is 0 Å². The molecule has 1 aromatic carbocycles. The SMILES string of the molecule is Cc1ccccc1CN(C)S(=O)(=O)C(C)CNC1CC1. The fourth-order valence-electron chi connectivity index (χ4n) is 2.15. The maximum Gasteiger partial charge on any atom is 0.218 e. The molecule has 1 saturated carbocycles. The average Bonchev–Trinajstić information content (AvgIpc) is 3.22. The minimum absolute atomic E-state index is 0.392. The normalized spacial score (nSPS) is 17.4. The second-order valence-electron chi connectivity index (χ2n) is 5.72. The van der Waals surface area contributed by atoms with Crippen LogP contribution in [0.5, 0.6) is 0 Å². The lowest BCUT2D eigenvalue weighted by Gasteiger charge is -2.23. The van der Waals surface area contributed by atoms with Gasteiger partial charge in [-0.2, -0.15) is 0 Å². The second-order valence-corrected chi connectivity index (χ2v) is 8.18. The molecule has 1 aliphatic rings. The smallest absolute Gasteiger partial charge is 0.218 e. The van der Waals surface area contributed by atoms with Gasteiger partial charge >= 0.3 is 0 Å². The monoisotopic (exact) mass is 296 g/mol. The van der Waals surface area contributed by atoms with Gasteiger partial charge in [-0.05, 0) is 37.8 Å². The van der Waals surface area contributed by atoms with E-state index in [9.17, 15) is 8.42 Å². The highest BCUT2D eigenvalue weighted by Crippen LogP contribution is 2.19. The molecule has 5 heteroatoms. The molecule has 0 bridgehead atoms. The van der Waals surface area contributed by atoms with Crippen molar-refractivity contribution in [1.82, 2.24) is 9.62 Å². The number of nitrogens with zero attached hydrogens (tertiary/aromatic N) is 1. The van der Waals surface area contributed by atoms with Crippen LogP contribution in [-0.4, -0.2) is 37.6 Å². The topological polar surface area (TPSA) is 49.4 Å². The van der Waals surface area contributed by atoms with Crippen LogP contribution in [0.1, 0.15) is 30.9 Å². The molecule has 0 heterocycles. The second kappa shape index (κ2) is 6.24. The lowest BCUT2D eigenvalue weighted by atomic mass is 10.1. The summed E-state index contributed by atoms with van der Waals surface area (Å²) in [5, 5.41) is 2.90. The first-order valence-electron chi connectivity index (χ1n) is 7.14. The van der Waals surface area contributed by atoms with Crippen LogP contribution < -0.4 is 5.32 Å². The zero-order valence-electron chi connectivity index (χ0n) is 12.5. The van der Waals surface area contributed by atoms with Crippen LogP contribution in [0.15, 0.2) is 24.3 Å². The lowest BCUT2D eigenvalue weighted by Crippen LogP contribution is -2.40.